The maximum absolute atomic E-state index is 12.4. The number of carbonyl (C=O) groups is 1. The number of hydrogen-bond acceptors (Lipinski definition) is 5. The Bertz CT molecular complexity index is 691. The van der Waals surface area contributed by atoms with Gasteiger partial charge in [0, 0.05) is 25.2 Å². The lowest BCUT2D eigenvalue weighted by Gasteiger charge is -2.42. The molecule has 1 aromatic rings. The van der Waals surface area contributed by atoms with Crippen LogP contribution in [0.1, 0.15) is 22.3 Å². The first kappa shape index (κ1) is 17.9. The Morgan fingerprint density at radius 1 is 1.48 bits per heavy atom. The van der Waals surface area contributed by atoms with E-state index in [9.17, 15) is 23.4 Å². The van der Waals surface area contributed by atoms with E-state index in [0.29, 0.717) is 5.56 Å². The van der Waals surface area contributed by atoms with Crippen molar-refractivity contribution in [2.45, 2.75) is 25.0 Å². The van der Waals surface area contributed by atoms with E-state index in [0.717, 1.165) is 11.8 Å². The smallest absolute Gasteiger partial charge is 0.253 e. The van der Waals surface area contributed by atoms with Crippen LogP contribution in [-0.2, 0) is 10.0 Å². The maximum Gasteiger partial charge on any atom is 0.253 e. The standard InChI is InChI=1S/C15H22N2O5S/c1-11-4-3-5-12(8-11)14(19)17-7-6-15(20,13(18)9-17)10-16-23(2,21)22/h3-5,8,13,16,18,20H,6-7,9-10H2,1-2H3/t13-,15-/m1/s1. The summed E-state index contributed by atoms with van der Waals surface area (Å²) in [7, 11) is -3.46. The van der Waals surface area contributed by atoms with Crippen LogP contribution >= 0.6 is 0 Å². The Balaban J connectivity index is 2.04. The van der Waals surface area contributed by atoms with Crippen LogP contribution in [0.25, 0.3) is 0 Å². The fraction of sp³-hybridized carbons (Fsp3) is 0.533. The topological polar surface area (TPSA) is 107 Å². The number of carbonyl (C=O) groups excluding carboxylic acids is 1. The molecule has 1 heterocycles. The Labute approximate surface area is 136 Å². The normalized spacial score (nSPS) is 25.4. The zero-order chi connectivity index (χ0) is 17.3. The third-order valence-electron chi connectivity index (χ3n) is 4.02. The molecular formula is C15H22N2O5S. The number of sulfonamides is 1. The van der Waals surface area contributed by atoms with Gasteiger partial charge in [-0.25, -0.2) is 13.1 Å². The van der Waals surface area contributed by atoms with Crippen molar-refractivity contribution in [2.75, 3.05) is 25.9 Å². The lowest BCUT2D eigenvalue weighted by molar-refractivity contribution is -0.107. The predicted octanol–water partition coefficient (Wildman–Crippen LogP) is -0.518. The molecule has 1 aliphatic heterocycles. The zero-order valence-corrected chi connectivity index (χ0v) is 14.0. The van der Waals surface area contributed by atoms with Crippen molar-refractivity contribution < 1.29 is 23.4 Å². The van der Waals surface area contributed by atoms with E-state index in [1.807, 2.05) is 13.0 Å². The number of nitrogens with zero attached hydrogens (tertiary/aromatic N) is 1. The van der Waals surface area contributed by atoms with E-state index in [4.69, 9.17) is 0 Å². The van der Waals surface area contributed by atoms with E-state index in [2.05, 4.69) is 4.72 Å². The maximum atomic E-state index is 12.4. The average Bonchev–Trinajstić information content (AvgIpc) is 2.47. The number of benzene rings is 1. The number of amides is 1. The molecule has 1 aliphatic rings. The number of aliphatic hydroxyl groups excluding tert-OH is 1. The molecule has 1 amide bonds. The summed E-state index contributed by atoms with van der Waals surface area (Å²) in [5, 5.41) is 20.6. The van der Waals surface area contributed by atoms with Gasteiger partial charge >= 0.3 is 0 Å². The van der Waals surface area contributed by atoms with Crippen LogP contribution in [0, 0.1) is 6.92 Å². The number of aryl methyl sites for hydroxylation is 1. The second-order valence-corrected chi connectivity index (χ2v) is 7.92. The van der Waals surface area contributed by atoms with Gasteiger partial charge < -0.3 is 15.1 Å². The van der Waals surface area contributed by atoms with Gasteiger partial charge in [-0.15, -0.1) is 0 Å². The summed E-state index contributed by atoms with van der Waals surface area (Å²) in [6.07, 6.45) is -0.146. The quantitative estimate of drug-likeness (QED) is 0.683. The van der Waals surface area contributed by atoms with Crippen LogP contribution < -0.4 is 4.72 Å². The highest BCUT2D eigenvalue weighted by atomic mass is 32.2. The molecule has 0 bridgehead atoms. The van der Waals surface area contributed by atoms with Crippen molar-refractivity contribution in [2.24, 2.45) is 0 Å². The summed E-state index contributed by atoms with van der Waals surface area (Å²) in [5.41, 5.74) is -0.0916. The molecule has 2 rings (SSSR count). The van der Waals surface area contributed by atoms with Crippen molar-refractivity contribution in [1.82, 2.24) is 9.62 Å². The van der Waals surface area contributed by atoms with Gasteiger partial charge in [0.05, 0.1) is 6.26 Å². The number of hydrogen-bond donors (Lipinski definition) is 3. The largest absolute Gasteiger partial charge is 0.388 e. The number of rotatable bonds is 4. The summed E-state index contributed by atoms with van der Waals surface area (Å²) in [6, 6.07) is 7.14. The number of likely N-dealkylation sites (tertiary alicyclic amines) is 1. The minimum Gasteiger partial charge on any atom is -0.388 e. The van der Waals surface area contributed by atoms with Crippen molar-refractivity contribution in [1.29, 1.82) is 0 Å². The van der Waals surface area contributed by atoms with Gasteiger partial charge in [-0.05, 0) is 25.5 Å². The van der Waals surface area contributed by atoms with Crippen molar-refractivity contribution in [3.8, 4) is 0 Å². The van der Waals surface area contributed by atoms with E-state index < -0.39 is 21.7 Å². The van der Waals surface area contributed by atoms with E-state index in [1.165, 1.54) is 4.90 Å². The van der Waals surface area contributed by atoms with Crippen LogP contribution in [-0.4, -0.2) is 67.0 Å². The molecule has 1 fully saturated rings. The first-order chi connectivity index (χ1) is 10.6. The number of nitrogens with one attached hydrogen (secondary N) is 1. The van der Waals surface area contributed by atoms with Crippen LogP contribution in [0.15, 0.2) is 24.3 Å². The molecule has 128 valence electrons. The van der Waals surface area contributed by atoms with E-state index in [1.54, 1.807) is 18.2 Å². The Morgan fingerprint density at radius 3 is 2.74 bits per heavy atom. The Morgan fingerprint density at radius 2 is 2.17 bits per heavy atom. The molecule has 1 aromatic carbocycles. The summed E-state index contributed by atoms with van der Waals surface area (Å²) >= 11 is 0. The number of piperidine rings is 1. The Hall–Kier alpha value is -1.48. The zero-order valence-electron chi connectivity index (χ0n) is 13.2. The van der Waals surface area contributed by atoms with Crippen LogP contribution in [0.3, 0.4) is 0 Å². The predicted molar refractivity (Wildman–Crippen MR) is 85.5 cm³/mol. The average molecular weight is 342 g/mol. The van der Waals surface area contributed by atoms with E-state index in [-0.39, 0.29) is 32.0 Å². The van der Waals surface area contributed by atoms with Crippen LogP contribution in [0.4, 0.5) is 0 Å². The van der Waals surface area contributed by atoms with Gasteiger partial charge in [0.2, 0.25) is 10.0 Å². The molecule has 8 heteroatoms. The van der Waals surface area contributed by atoms with Crippen molar-refractivity contribution in [3.63, 3.8) is 0 Å². The molecule has 0 radical (unpaired) electrons. The first-order valence-electron chi connectivity index (χ1n) is 7.32. The molecule has 0 spiro atoms. The fourth-order valence-electron chi connectivity index (χ4n) is 2.57. The van der Waals surface area contributed by atoms with Crippen LogP contribution in [0.2, 0.25) is 0 Å². The van der Waals surface area contributed by atoms with Gasteiger partial charge in [-0.1, -0.05) is 17.7 Å². The lowest BCUT2D eigenvalue weighted by Crippen LogP contribution is -2.61. The lowest BCUT2D eigenvalue weighted by atomic mass is 9.88. The van der Waals surface area contributed by atoms with Gasteiger partial charge in [-0.2, -0.15) is 0 Å². The molecule has 0 saturated carbocycles. The third-order valence-corrected chi connectivity index (χ3v) is 4.69. The summed E-state index contributed by atoms with van der Waals surface area (Å²) in [6.45, 7) is 1.80. The van der Waals surface area contributed by atoms with Gasteiger partial charge in [0.25, 0.3) is 5.91 Å². The summed E-state index contributed by atoms with van der Waals surface area (Å²) in [4.78, 5) is 13.9. The number of β-amino-alcohol motifs (C(OH)–C–C–N with tert-alkyl or cyclic N) is 1. The molecular weight excluding hydrogens is 320 g/mol. The molecule has 3 N–H and O–H groups in total. The second kappa shape index (κ2) is 6.56. The highest BCUT2D eigenvalue weighted by Gasteiger charge is 2.42. The van der Waals surface area contributed by atoms with E-state index >= 15 is 0 Å². The highest BCUT2D eigenvalue weighted by Crippen LogP contribution is 2.24. The molecule has 23 heavy (non-hydrogen) atoms. The first-order valence-corrected chi connectivity index (χ1v) is 9.21. The molecule has 1 saturated heterocycles. The number of aliphatic hydroxyl groups is 2. The van der Waals surface area contributed by atoms with Gasteiger partial charge in [0.15, 0.2) is 0 Å². The van der Waals surface area contributed by atoms with Crippen molar-refractivity contribution >= 4 is 15.9 Å². The van der Waals surface area contributed by atoms with Gasteiger partial charge in [-0.3, -0.25) is 4.79 Å². The monoisotopic (exact) mass is 342 g/mol. The Kier molecular flexibility index (Phi) is 5.10. The van der Waals surface area contributed by atoms with Gasteiger partial charge in [0.1, 0.15) is 11.7 Å². The van der Waals surface area contributed by atoms with Crippen molar-refractivity contribution in [3.05, 3.63) is 35.4 Å². The molecule has 0 unspecified atom stereocenters. The second-order valence-electron chi connectivity index (χ2n) is 6.08. The fourth-order valence-corrected chi connectivity index (χ4v) is 3.08. The minimum absolute atomic E-state index is 0.0469. The molecule has 0 aliphatic carbocycles. The SMILES string of the molecule is Cc1cccc(C(=O)N2CC[C@@](O)(CNS(C)(=O)=O)[C@H](O)C2)c1. The molecule has 7 nitrogen and oxygen atoms in total. The summed E-state index contributed by atoms with van der Waals surface area (Å²) < 4.78 is 24.5. The molecule has 0 aromatic heterocycles. The van der Waals surface area contributed by atoms with Crippen LogP contribution in [0.5, 0.6) is 0 Å². The summed E-state index contributed by atoms with van der Waals surface area (Å²) in [5.74, 6) is -0.217. The molecule has 2 atom stereocenters. The minimum atomic E-state index is -3.46. The third kappa shape index (κ3) is 4.51. The highest BCUT2D eigenvalue weighted by molar-refractivity contribution is 7.88.